The minimum atomic E-state index is -0.585. The highest BCUT2D eigenvalue weighted by molar-refractivity contribution is 6.31. The van der Waals surface area contributed by atoms with Crippen LogP contribution in [-0.4, -0.2) is 16.9 Å². The molecule has 17 heavy (non-hydrogen) atoms. The second kappa shape index (κ2) is 5.60. The number of nitrogens with zero attached hydrogens (tertiary/aromatic N) is 1. The lowest BCUT2D eigenvalue weighted by Crippen LogP contribution is -2.24. The Morgan fingerprint density at radius 3 is 2.82 bits per heavy atom. The van der Waals surface area contributed by atoms with Gasteiger partial charge in [0.25, 0.3) is 5.69 Å². The van der Waals surface area contributed by atoms with Crippen LogP contribution in [0.4, 0.5) is 11.4 Å². The van der Waals surface area contributed by atoms with E-state index in [0.29, 0.717) is 5.02 Å². The zero-order valence-electron chi connectivity index (χ0n) is 9.14. The molecule has 92 valence electrons. The Bertz CT molecular complexity index is 448. The molecule has 1 amide bonds. The number of hydrogen-bond acceptors (Lipinski definition) is 4. The zero-order chi connectivity index (χ0) is 13.0. The first-order chi connectivity index (χ1) is 7.90. The SMILES string of the molecule is CC(N)CC(=O)Nc1cc(Cl)ccc1[N+](=O)[O-]. The van der Waals surface area contributed by atoms with Crippen molar-refractivity contribution in [2.45, 2.75) is 19.4 Å². The lowest BCUT2D eigenvalue weighted by atomic mass is 10.2. The summed E-state index contributed by atoms with van der Waals surface area (Å²) in [5.74, 6) is -0.384. The number of halogens is 1. The van der Waals surface area contributed by atoms with Gasteiger partial charge >= 0.3 is 0 Å². The highest BCUT2D eigenvalue weighted by atomic mass is 35.5. The summed E-state index contributed by atoms with van der Waals surface area (Å²) >= 11 is 5.71. The van der Waals surface area contributed by atoms with Crippen molar-refractivity contribution in [1.82, 2.24) is 0 Å². The monoisotopic (exact) mass is 257 g/mol. The van der Waals surface area contributed by atoms with Crippen molar-refractivity contribution in [3.05, 3.63) is 33.3 Å². The first-order valence-corrected chi connectivity index (χ1v) is 5.27. The Morgan fingerprint density at radius 2 is 2.29 bits per heavy atom. The van der Waals surface area contributed by atoms with Gasteiger partial charge in [-0.15, -0.1) is 0 Å². The molecule has 1 aromatic rings. The van der Waals surface area contributed by atoms with Crippen LogP contribution in [0.15, 0.2) is 18.2 Å². The standard InChI is InChI=1S/C10H12ClN3O3/c1-6(12)4-10(15)13-8-5-7(11)2-3-9(8)14(16)17/h2-3,5-6H,4,12H2,1H3,(H,13,15). The first kappa shape index (κ1) is 13.4. The molecule has 0 aromatic heterocycles. The number of nitrogens with one attached hydrogen (secondary N) is 1. The highest BCUT2D eigenvalue weighted by Gasteiger charge is 2.16. The zero-order valence-corrected chi connectivity index (χ0v) is 9.90. The number of carbonyl (C=O) groups excluding carboxylic acids is 1. The summed E-state index contributed by atoms with van der Waals surface area (Å²) in [5, 5.41) is 13.5. The predicted octanol–water partition coefficient (Wildman–Crippen LogP) is 1.92. The van der Waals surface area contributed by atoms with Gasteiger partial charge < -0.3 is 11.1 Å². The van der Waals surface area contributed by atoms with Gasteiger partial charge in [0.05, 0.1) is 4.92 Å². The van der Waals surface area contributed by atoms with E-state index >= 15 is 0 Å². The third-order valence-corrected chi connectivity index (χ3v) is 2.17. The molecule has 0 aliphatic carbocycles. The van der Waals surface area contributed by atoms with Crippen LogP contribution < -0.4 is 11.1 Å². The summed E-state index contributed by atoms with van der Waals surface area (Å²) in [6.45, 7) is 1.67. The summed E-state index contributed by atoms with van der Waals surface area (Å²) in [6.07, 6.45) is 0.0870. The van der Waals surface area contributed by atoms with Gasteiger partial charge in [0.2, 0.25) is 5.91 Å². The van der Waals surface area contributed by atoms with Crippen molar-refractivity contribution in [3.63, 3.8) is 0 Å². The van der Waals surface area contributed by atoms with E-state index in [4.69, 9.17) is 17.3 Å². The molecule has 1 unspecified atom stereocenters. The number of hydrogen-bond donors (Lipinski definition) is 2. The maximum absolute atomic E-state index is 11.5. The molecule has 7 heteroatoms. The normalized spacial score (nSPS) is 11.9. The molecule has 1 rings (SSSR count). The second-order valence-electron chi connectivity index (χ2n) is 3.65. The summed E-state index contributed by atoms with van der Waals surface area (Å²) < 4.78 is 0. The lowest BCUT2D eigenvalue weighted by Gasteiger charge is -2.07. The largest absolute Gasteiger partial charge is 0.327 e. The number of anilines is 1. The Kier molecular flexibility index (Phi) is 4.42. The van der Waals surface area contributed by atoms with Gasteiger partial charge in [0, 0.05) is 23.6 Å². The van der Waals surface area contributed by atoms with E-state index in [1.165, 1.54) is 18.2 Å². The third kappa shape index (κ3) is 4.01. The van der Waals surface area contributed by atoms with Crippen LogP contribution in [0.3, 0.4) is 0 Å². The van der Waals surface area contributed by atoms with Crippen LogP contribution >= 0.6 is 11.6 Å². The Labute approximate surface area is 103 Å². The van der Waals surface area contributed by atoms with Crippen LogP contribution in [0.2, 0.25) is 5.02 Å². The molecule has 0 aliphatic heterocycles. The minimum Gasteiger partial charge on any atom is -0.327 e. The van der Waals surface area contributed by atoms with Gasteiger partial charge in [0.1, 0.15) is 5.69 Å². The van der Waals surface area contributed by atoms with E-state index in [-0.39, 0.29) is 29.7 Å². The van der Waals surface area contributed by atoms with Gasteiger partial charge in [-0.05, 0) is 19.1 Å². The summed E-state index contributed by atoms with van der Waals surface area (Å²) in [7, 11) is 0. The maximum Gasteiger partial charge on any atom is 0.292 e. The summed E-state index contributed by atoms with van der Waals surface area (Å²) in [6, 6.07) is 3.65. The Hall–Kier alpha value is -1.66. The first-order valence-electron chi connectivity index (χ1n) is 4.89. The number of benzene rings is 1. The van der Waals surface area contributed by atoms with Crippen LogP contribution in [-0.2, 0) is 4.79 Å². The quantitative estimate of drug-likeness (QED) is 0.636. The van der Waals surface area contributed by atoms with Gasteiger partial charge in [-0.2, -0.15) is 0 Å². The van der Waals surface area contributed by atoms with E-state index < -0.39 is 4.92 Å². The highest BCUT2D eigenvalue weighted by Crippen LogP contribution is 2.27. The van der Waals surface area contributed by atoms with Crippen molar-refractivity contribution >= 4 is 28.9 Å². The lowest BCUT2D eigenvalue weighted by molar-refractivity contribution is -0.383. The summed E-state index contributed by atoms with van der Waals surface area (Å²) in [4.78, 5) is 21.6. The molecule has 0 bridgehead atoms. The molecule has 1 aromatic carbocycles. The van der Waals surface area contributed by atoms with Gasteiger partial charge in [0.15, 0.2) is 0 Å². The fourth-order valence-corrected chi connectivity index (χ4v) is 1.43. The van der Waals surface area contributed by atoms with E-state index in [9.17, 15) is 14.9 Å². The molecule has 0 spiro atoms. The number of nitro groups is 1. The molecule has 0 saturated carbocycles. The molecule has 0 heterocycles. The van der Waals surface area contributed by atoms with E-state index in [1.54, 1.807) is 6.92 Å². The molecule has 0 fully saturated rings. The van der Waals surface area contributed by atoms with Crippen LogP contribution in [0.25, 0.3) is 0 Å². The average molecular weight is 258 g/mol. The van der Waals surface area contributed by atoms with Crippen molar-refractivity contribution in [2.24, 2.45) is 5.73 Å². The van der Waals surface area contributed by atoms with Crippen molar-refractivity contribution in [1.29, 1.82) is 0 Å². The van der Waals surface area contributed by atoms with Crippen LogP contribution in [0, 0.1) is 10.1 Å². The average Bonchev–Trinajstić information content (AvgIpc) is 2.15. The van der Waals surface area contributed by atoms with Gasteiger partial charge in [-0.3, -0.25) is 14.9 Å². The molecule has 1 atom stereocenters. The van der Waals surface area contributed by atoms with Crippen molar-refractivity contribution in [3.8, 4) is 0 Å². The maximum atomic E-state index is 11.5. The van der Waals surface area contributed by atoms with E-state index in [2.05, 4.69) is 5.32 Å². The number of rotatable bonds is 4. The fraction of sp³-hybridized carbons (Fsp3) is 0.300. The van der Waals surface area contributed by atoms with Crippen molar-refractivity contribution < 1.29 is 9.72 Å². The van der Waals surface area contributed by atoms with Crippen LogP contribution in [0.1, 0.15) is 13.3 Å². The molecular formula is C10H12ClN3O3. The van der Waals surface area contributed by atoms with Gasteiger partial charge in [-0.25, -0.2) is 0 Å². The van der Waals surface area contributed by atoms with Gasteiger partial charge in [-0.1, -0.05) is 11.6 Å². The molecule has 6 nitrogen and oxygen atoms in total. The predicted molar refractivity (Wildman–Crippen MR) is 65.0 cm³/mol. The Balaban J connectivity index is 2.92. The number of carbonyl (C=O) groups is 1. The molecule has 3 N–H and O–H groups in total. The van der Waals surface area contributed by atoms with E-state index in [0.717, 1.165) is 0 Å². The Morgan fingerprint density at radius 1 is 1.65 bits per heavy atom. The second-order valence-corrected chi connectivity index (χ2v) is 4.08. The smallest absolute Gasteiger partial charge is 0.292 e. The molecule has 0 saturated heterocycles. The van der Waals surface area contributed by atoms with E-state index in [1.807, 2.05) is 0 Å². The topological polar surface area (TPSA) is 98.3 Å². The minimum absolute atomic E-state index is 0.0770. The number of nitrogens with two attached hydrogens (primary N) is 1. The molecule has 0 radical (unpaired) electrons. The van der Waals surface area contributed by atoms with Crippen LogP contribution in [0.5, 0.6) is 0 Å². The molecular weight excluding hydrogens is 246 g/mol. The number of amides is 1. The van der Waals surface area contributed by atoms with Crippen molar-refractivity contribution in [2.75, 3.05) is 5.32 Å². The third-order valence-electron chi connectivity index (χ3n) is 1.94. The number of nitro benzene ring substituents is 1. The molecule has 0 aliphatic rings. The summed E-state index contributed by atoms with van der Waals surface area (Å²) in [5.41, 5.74) is 5.33. The fourth-order valence-electron chi connectivity index (χ4n) is 1.26.